The summed E-state index contributed by atoms with van der Waals surface area (Å²) in [5, 5.41) is 0. The topological polar surface area (TPSA) is 0 Å². The van der Waals surface area contributed by atoms with Crippen LogP contribution in [0.25, 0.3) is 0 Å². The van der Waals surface area contributed by atoms with Gasteiger partial charge in [-0.1, -0.05) is 117 Å². The predicted molar refractivity (Wildman–Crippen MR) is 181 cm³/mol. The molecule has 0 bridgehead atoms. The van der Waals surface area contributed by atoms with E-state index in [2.05, 4.69) is 117 Å². The molecule has 0 aliphatic rings. The molecule has 0 aromatic carbocycles. The normalized spacial score (nSPS) is 14.1. The number of hydrogen-bond acceptors (Lipinski definition) is 0. The highest BCUT2D eigenvalue weighted by Crippen LogP contribution is 2.27. The van der Waals surface area contributed by atoms with E-state index in [-0.39, 0.29) is 0 Å². The summed E-state index contributed by atoms with van der Waals surface area (Å²) < 4.78 is 0. The van der Waals surface area contributed by atoms with Gasteiger partial charge >= 0.3 is 0 Å². The summed E-state index contributed by atoms with van der Waals surface area (Å²) in [7, 11) is -1.49. The van der Waals surface area contributed by atoms with Gasteiger partial charge in [0, 0.05) is 0 Å². The molecule has 0 saturated heterocycles. The van der Waals surface area contributed by atoms with Crippen LogP contribution < -0.4 is 29.5 Å². The molecule has 0 N–H and O–H groups in total. The fourth-order valence-corrected chi connectivity index (χ4v) is 25.5. The van der Waals surface area contributed by atoms with Crippen molar-refractivity contribution in [1.29, 1.82) is 0 Å². The molecule has 0 aliphatic heterocycles. The van der Waals surface area contributed by atoms with Crippen LogP contribution in [-0.4, -0.2) is 32.3 Å². The van der Waals surface area contributed by atoms with Gasteiger partial charge in [0.05, 0.1) is 32.3 Å². The largest absolute Gasteiger partial charge is 0.532 e. The van der Waals surface area contributed by atoms with Crippen molar-refractivity contribution in [2.75, 3.05) is 0 Å². The Bertz CT molecular complexity index is 1160. The highest BCUT2D eigenvalue weighted by molar-refractivity contribution is 7.58. The van der Waals surface area contributed by atoms with Gasteiger partial charge in [-0.3, -0.25) is 0 Å². The molecule has 0 atom stereocenters. The molecule has 3 aromatic rings. The first kappa shape index (κ1) is 29.5. The minimum atomic E-state index is -1.75. The Kier molecular flexibility index (Phi) is 8.36. The third-order valence-electron chi connectivity index (χ3n) is 7.60. The smallest absolute Gasteiger partial charge is 0.0865 e. The average Bonchev–Trinajstić information content (AvgIpc) is 3.02. The Labute approximate surface area is 225 Å². The average molecular weight is 588 g/mol. The zero-order chi connectivity index (χ0) is 26.7. The highest BCUT2D eigenvalue weighted by Gasteiger charge is 2.32. The molecule has 0 saturated carbocycles. The lowest BCUT2D eigenvalue weighted by Crippen LogP contribution is -2.54. The van der Waals surface area contributed by atoms with Crippen LogP contribution in [0.2, 0.25) is 65.5 Å². The second-order valence-electron chi connectivity index (χ2n) is 13.5. The lowest BCUT2D eigenvalue weighted by Gasteiger charge is -2.35. The quantitative estimate of drug-likeness (QED) is 0.270. The Morgan fingerprint density at radius 1 is 0.514 bits per heavy atom. The molecule has 0 unspecified atom stereocenters. The molecule has 7 heteroatoms. The summed E-state index contributed by atoms with van der Waals surface area (Å²) in [6.07, 6.45) is 0. The third kappa shape index (κ3) is 5.70. The SMILES string of the molecule is Cc1ccc([Si](C)(C)C)pc1[Si](C)(C)c1[p-]c([Si](C)(C)c2pc([Si](C)(C)C)ccc2C)c(C)c1C. The molecule has 3 aromatic heterocycles. The molecule has 0 amide bonds. The fourth-order valence-electron chi connectivity index (χ4n) is 5.23. The van der Waals surface area contributed by atoms with E-state index in [1.54, 1.807) is 48.8 Å². The molecule has 0 fully saturated rings. The second-order valence-corrected chi connectivity index (χ2v) is 38.1. The molecule has 35 heavy (non-hydrogen) atoms. The zero-order valence-electron chi connectivity index (χ0n) is 24.7. The van der Waals surface area contributed by atoms with E-state index in [9.17, 15) is 0 Å². The van der Waals surface area contributed by atoms with Crippen LogP contribution in [-0.2, 0) is 0 Å². The molecule has 0 nitrogen and oxygen atoms in total. The molecular formula is C28H46P3Si4-. The van der Waals surface area contributed by atoms with Gasteiger partial charge in [-0.2, -0.15) is 0 Å². The van der Waals surface area contributed by atoms with Crippen LogP contribution in [0.5, 0.6) is 0 Å². The summed E-state index contributed by atoms with van der Waals surface area (Å²) in [6, 6.07) is 9.77. The van der Waals surface area contributed by atoms with E-state index in [4.69, 9.17) is 0 Å². The summed E-state index contributed by atoms with van der Waals surface area (Å²) in [5.41, 5.74) is 6.31. The van der Waals surface area contributed by atoms with Crippen LogP contribution in [0.1, 0.15) is 22.3 Å². The van der Waals surface area contributed by atoms with Gasteiger partial charge in [0.1, 0.15) is 0 Å². The van der Waals surface area contributed by atoms with E-state index in [0.29, 0.717) is 0 Å². The van der Waals surface area contributed by atoms with Gasteiger partial charge < -0.3 is 8.19 Å². The molecular weight excluding hydrogens is 542 g/mol. The van der Waals surface area contributed by atoms with Gasteiger partial charge in [-0.05, 0) is 58.5 Å². The van der Waals surface area contributed by atoms with Crippen molar-refractivity contribution in [3.8, 4) is 0 Å². The van der Waals surface area contributed by atoms with Crippen LogP contribution in [0.15, 0.2) is 24.3 Å². The molecule has 3 rings (SSSR count). The number of hydrogen-bond donors (Lipinski definition) is 0. The first-order chi connectivity index (χ1) is 15.8. The van der Waals surface area contributed by atoms with E-state index in [0.717, 1.165) is 0 Å². The van der Waals surface area contributed by atoms with E-state index in [1.165, 1.54) is 27.5 Å². The third-order valence-corrected chi connectivity index (χ3v) is 33.1. The van der Waals surface area contributed by atoms with Crippen molar-refractivity contribution in [3.63, 3.8) is 0 Å². The van der Waals surface area contributed by atoms with Crippen LogP contribution in [0, 0.1) is 27.7 Å². The summed E-state index contributed by atoms with van der Waals surface area (Å²) in [5.74, 6) is 0. The summed E-state index contributed by atoms with van der Waals surface area (Å²) >= 11 is 0. The Balaban J connectivity index is 2.20. The first-order valence-electron chi connectivity index (χ1n) is 12.9. The Morgan fingerprint density at radius 2 is 0.829 bits per heavy atom. The molecule has 0 radical (unpaired) electrons. The van der Waals surface area contributed by atoms with Crippen molar-refractivity contribution in [2.45, 2.75) is 93.2 Å². The maximum Gasteiger partial charge on any atom is 0.0865 e. The van der Waals surface area contributed by atoms with Crippen LogP contribution in [0.3, 0.4) is 0 Å². The predicted octanol–water partition coefficient (Wildman–Crippen LogP) is 7.12. The molecule has 190 valence electrons. The lowest BCUT2D eigenvalue weighted by molar-refractivity contribution is 1.42. The van der Waals surface area contributed by atoms with Crippen molar-refractivity contribution < 1.29 is 0 Å². The first-order valence-corrected chi connectivity index (χ1v) is 28.6. The van der Waals surface area contributed by atoms with E-state index in [1.807, 2.05) is 0 Å². The Morgan fingerprint density at radius 3 is 1.11 bits per heavy atom. The van der Waals surface area contributed by atoms with E-state index >= 15 is 0 Å². The number of aryl methyl sites for hydroxylation is 2. The van der Waals surface area contributed by atoms with Crippen LogP contribution >= 0.6 is 24.6 Å². The lowest BCUT2D eigenvalue weighted by atomic mass is 10.2. The van der Waals surface area contributed by atoms with Crippen molar-refractivity contribution in [2.24, 2.45) is 0 Å². The Hall–Kier alpha value is -0.0525. The summed E-state index contributed by atoms with van der Waals surface area (Å²) in [6.45, 7) is 35.2. The van der Waals surface area contributed by atoms with Gasteiger partial charge in [0.25, 0.3) is 0 Å². The molecule has 0 spiro atoms. The van der Waals surface area contributed by atoms with Crippen molar-refractivity contribution in [1.82, 2.24) is 0 Å². The maximum absolute atomic E-state index is 2.64. The van der Waals surface area contributed by atoms with E-state index < -0.39 is 32.3 Å². The second kappa shape index (κ2) is 9.92. The molecule has 3 heterocycles. The van der Waals surface area contributed by atoms with Gasteiger partial charge in [0.15, 0.2) is 0 Å². The van der Waals surface area contributed by atoms with Gasteiger partial charge in [0.2, 0.25) is 0 Å². The standard InChI is InChI=1S/C28H46P3Si4/c1-19-15-17-23(32(5,6)7)29-25(19)34(11,12)27-21(3)22(4)28(31-27)35(13,14)26-20(2)16-18-24(30-26)33(8,9)10/h15-18H,1-14H3/q-1. The fraction of sp³-hybridized carbons (Fsp3) is 0.500. The van der Waals surface area contributed by atoms with Crippen molar-refractivity contribution in [3.05, 3.63) is 46.5 Å². The maximum atomic E-state index is 2.64. The van der Waals surface area contributed by atoms with Crippen molar-refractivity contribution >= 4 is 86.4 Å². The zero-order valence-corrected chi connectivity index (χ0v) is 31.3. The van der Waals surface area contributed by atoms with Gasteiger partial charge in [-0.15, -0.1) is 0 Å². The van der Waals surface area contributed by atoms with Gasteiger partial charge in [-0.25, -0.2) is 9.84 Å². The highest BCUT2D eigenvalue weighted by atomic mass is 31.0. The minimum Gasteiger partial charge on any atom is -0.532 e. The number of rotatable bonds is 6. The van der Waals surface area contributed by atoms with Crippen LogP contribution in [0.4, 0.5) is 0 Å². The summed E-state index contributed by atoms with van der Waals surface area (Å²) in [4.78, 5) is 10.5. The molecule has 0 aliphatic carbocycles. The monoisotopic (exact) mass is 587 g/mol. The minimum absolute atomic E-state index is 1.30.